The van der Waals surface area contributed by atoms with E-state index in [9.17, 15) is 18.0 Å². The van der Waals surface area contributed by atoms with E-state index in [1.807, 2.05) is 6.07 Å². The summed E-state index contributed by atoms with van der Waals surface area (Å²) in [6, 6.07) is 8.33. The maximum Gasteiger partial charge on any atom is 0.441 e. The largest absolute Gasteiger partial charge is 0.441 e. The second-order valence-corrected chi connectivity index (χ2v) is 4.99. The Labute approximate surface area is 114 Å². The number of halogens is 3. The van der Waals surface area contributed by atoms with Gasteiger partial charge < -0.3 is 10.6 Å². The van der Waals surface area contributed by atoms with Crippen molar-refractivity contribution in [1.82, 2.24) is 5.32 Å². The lowest BCUT2D eigenvalue weighted by molar-refractivity contribution is -0.117. The van der Waals surface area contributed by atoms with E-state index in [2.05, 4.69) is 10.6 Å². The van der Waals surface area contributed by atoms with E-state index >= 15 is 0 Å². The van der Waals surface area contributed by atoms with Crippen LogP contribution in [0.4, 0.5) is 18.9 Å². The lowest BCUT2D eigenvalue weighted by Crippen LogP contribution is -2.39. The Kier molecular flexibility index (Phi) is 6.17. The molecular weight excluding hydrogens is 277 g/mol. The number of alkyl halides is 3. The van der Waals surface area contributed by atoms with Gasteiger partial charge in [-0.3, -0.25) is 4.79 Å². The van der Waals surface area contributed by atoms with E-state index < -0.39 is 11.6 Å². The van der Waals surface area contributed by atoms with Crippen LogP contribution in [0.25, 0.3) is 0 Å². The Balaban J connectivity index is 2.26. The Morgan fingerprint density at radius 2 is 1.95 bits per heavy atom. The third-order valence-corrected chi connectivity index (χ3v) is 2.99. The molecule has 0 aromatic heterocycles. The zero-order chi connectivity index (χ0) is 14.3. The summed E-state index contributed by atoms with van der Waals surface area (Å²) in [4.78, 5) is 11.7. The number of hydrogen-bond donors (Lipinski definition) is 2. The average Bonchev–Trinajstić information content (AvgIpc) is 2.34. The summed E-state index contributed by atoms with van der Waals surface area (Å²) in [5.41, 5.74) is -3.57. The van der Waals surface area contributed by atoms with Crippen LogP contribution >= 0.6 is 11.8 Å². The molecule has 1 aromatic rings. The first kappa shape index (κ1) is 15.8. The number of para-hydroxylation sites is 1. The Morgan fingerprint density at radius 1 is 1.32 bits per heavy atom. The maximum absolute atomic E-state index is 11.9. The van der Waals surface area contributed by atoms with Crippen LogP contribution < -0.4 is 10.6 Å². The summed E-state index contributed by atoms with van der Waals surface area (Å²) in [6.07, 6.45) is 0. The summed E-state index contributed by atoms with van der Waals surface area (Å²) in [6.45, 7) is 1.73. The molecule has 1 aromatic carbocycles. The Morgan fingerprint density at radius 3 is 2.53 bits per heavy atom. The van der Waals surface area contributed by atoms with Crippen LogP contribution in [0.2, 0.25) is 0 Å². The molecule has 0 radical (unpaired) electrons. The molecule has 3 nitrogen and oxygen atoms in total. The molecule has 7 heteroatoms. The fraction of sp³-hybridized carbons (Fsp3) is 0.417. The number of anilines is 1. The van der Waals surface area contributed by atoms with E-state index in [1.54, 1.807) is 31.2 Å². The highest BCUT2D eigenvalue weighted by Crippen LogP contribution is 2.29. The van der Waals surface area contributed by atoms with E-state index in [4.69, 9.17) is 0 Å². The predicted octanol–water partition coefficient (Wildman–Crippen LogP) is 2.86. The molecule has 1 atom stereocenters. The molecule has 0 heterocycles. The first-order valence-electron chi connectivity index (χ1n) is 5.68. The third kappa shape index (κ3) is 7.07. The van der Waals surface area contributed by atoms with Crippen LogP contribution in [-0.4, -0.2) is 29.8 Å². The fourth-order valence-corrected chi connectivity index (χ4v) is 1.76. The molecule has 106 valence electrons. The SMILES string of the molecule is CC(NCCSC(F)(F)F)C(=O)Nc1ccccc1. The number of benzene rings is 1. The number of carbonyl (C=O) groups is 1. The minimum Gasteiger partial charge on any atom is -0.325 e. The summed E-state index contributed by atoms with van der Waals surface area (Å²) in [5, 5.41) is 5.41. The molecule has 0 fully saturated rings. The summed E-state index contributed by atoms with van der Waals surface area (Å²) in [7, 11) is 0. The first-order chi connectivity index (χ1) is 8.88. The minimum atomic E-state index is -4.22. The molecule has 1 unspecified atom stereocenters. The van der Waals surface area contributed by atoms with E-state index in [-0.39, 0.29) is 30.0 Å². The molecule has 2 N–H and O–H groups in total. The highest BCUT2D eigenvalue weighted by atomic mass is 32.2. The molecule has 0 spiro atoms. The van der Waals surface area contributed by atoms with Gasteiger partial charge in [-0.15, -0.1) is 0 Å². The molecule has 0 bridgehead atoms. The fourth-order valence-electron chi connectivity index (χ4n) is 1.31. The van der Waals surface area contributed by atoms with Gasteiger partial charge in [0.15, 0.2) is 0 Å². The number of thioether (sulfide) groups is 1. The maximum atomic E-state index is 11.9. The van der Waals surface area contributed by atoms with Gasteiger partial charge in [0, 0.05) is 18.0 Å². The van der Waals surface area contributed by atoms with Crippen molar-refractivity contribution in [3.05, 3.63) is 30.3 Å². The minimum absolute atomic E-state index is 0.103. The van der Waals surface area contributed by atoms with Crippen LogP contribution in [-0.2, 0) is 4.79 Å². The van der Waals surface area contributed by atoms with Gasteiger partial charge in [0.2, 0.25) is 5.91 Å². The molecule has 1 rings (SSSR count). The molecular formula is C12H15F3N2OS. The molecule has 0 aliphatic heterocycles. The lowest BCUT2D eigenvalue weighted by atomic mass is 10.2. The quantitative estimate of drug-likeness (QED) is 0.792. The van der Waals surface area contributed by atoms with E-state index in [1.165, 1.54) is 0 Å². The number of carbonyl (C=O) groups excluding carboxylic acids is 1. The van der Waals surface area contributed by atoms with Crippen molar-refractivity contribution < 1.29 is 18.0 Å². The second-order valence-electron chi connectivity index (χ2n) is 3.83. The smallest absolute Gasteiger partial charge is 0.325 e. The van der Waals surface area contributed by atoms with Crippen LogP contribution in [0.15, 0.2) is 30.3 Å². The van der Waals surface area contributed by atoms with Gasteiger partial charge in [-0.05, 0) is 30.8 Å². The zero-order valence-electron chi connectivity index (χ0n) is 10.3. The first-order valence-corrected chi connectivity index (χ1v) is 6.67. The molecule has 0 aliphatic rings. The summed E-state index contributed by atoms with van der Waals surface area (Å²) < 4.78 is 35.6. The topological polar surface area (TPSA) is 41.1 Å². The zero-order valence-corrected chi connectivity index (χ0v) is 11.1. The normalized spacial score (nSPS) is 13.1. The number of rotatable bonds is 6. The molecule has 0 saturated carbocycles. The molecule has 1 amide bonds. The highest BCUT2D eigenvalue weighted by Gasteiger charge is 2.27. The van der Waals surface area contributed by atoms with Crippen molar-refractivity contribution in [3.63, 3.8) is 0 Å². The lowest BCUT2D eigenvalue weighted by Gasteiger charge is -2.14. The van der Waals surface area contributed by atoms with Gasteiger partial charge in [0.25, 0.3) is 0 Å². The van der Waals surface area contributed by atoms with E-state index in [0.717, 1.165) is 0 Å². The van der Waals surface area contributed by atoms with Crippen LogP contribution in [0.5, 0.6) is 0 Å². The molecule has 0 aliphatic carbocycles. The van der Waals surface area contributed by atoms with Gasteiger partial charge in [-0.1, -0.05) is 18.2 Å². The molecule has 0 saturated heterocycles. The Hall–Kier alpha value is -1.21. The predicted molar refractivity (Wildman–Crippen MR) is 71.0 cm³/mol. The number of amides is 1. The van der Waals surface area contributed by atoms with Gasteiger partial charge in [0.05, 0.1) is 6.04 Å². The van der Waals surface area contributed by atoms with Crippen LogP contribution in [0.3, 0.4) is 0 Å². The van der Waals surface area contributed by atoms with Crippen molar-refractivity contribution in [2.24, 2.45) is 0 Å². The van der Waals surface area contributed by atoms with Crippen molar-refractivity contribution in [2.45, 2.75) is 18.5 Å². The third-order valence-electron chi connectivity index (χ3n) is 2.25. The van der Waals surface area contributed by atoms with Crippen molar-refractivity contribution in [3.8, 4) is 0 Å². The van der Waals surface area contributed by atoms with Gasteiger partial charge in [0.1, 0.15) is 0 Å². The highest BCUT2D eigenvalue weighted by molar-refractivity contribution is 8.00. The monoisotopic (exact) mass is 292 g/mol. The standard InChI is InChI=1S/C12H15F3N2OS/c1-9(16-7-8-19-12(13,14)15)11(18)17-10-5-3-2-4-6-10/h2-6,9,16H,7-8H2,1H3,(H,17,18). The van der Waals surface area contributed by atoms with Crippen molar-refractivity contribution in [1.29, 1.82) is 0 Å². The van der Waals surface area contributed by atoms with Gasteiger partial charge in [-0.2, -0.15) is 13.2 Å². The number of nitrogens with one attached hydrogen (secondary N) is 2. The van der Waals surface area contributed by atoms with Gasteiger partial charge >= 0.3 is 5.51 Å². The van der Waals surface area contributed by atoms with Gasteiger partial charge in [-0.25, -0.2) is 0 Å². The number of hydrogen-bond acceptors (Lipinski definition) is 3. The summed E-state index contributed by atoms with van der Waals surface area (Å²) in [5.74, 6) is -0.393. The average molecular weight is 292 g/mol. The van der Waals surface area contributed by atoms with E-state index in [0.29, 0.717) is 5.69 Å². The Bertz CT molecular complexity index is 398. The molecule has 19 heavy (non-hydrogen) atoms. The van der Waals surface area contributed by atoms with Crippen molar-refractivity contribution >= 4 is 23.4 Å². The van der Waals surface area contributed by atoms with Crippen LogP contribution in [0, 0.1) is 0 Å². The van der Waals surface area contributed by atoms with Crippen LogP contribution in [0.1, 0.15) is 6.92 Å². The summed E-state index contributed by atoms with van der Waals surface area (Å²) >= 11 is -0.103. The second kappa shape index (κ2) is 7.40. The van der Waals surface area contributed by atoms with Crippen molar-refractivity contribution in [2.75, 3.05) is 17.6 Å².